The predicted molar refractivity (Wildman–Crippen MR) is 81.0 cm³/mol. The van der Waals surface area contributed by atoms with Gasteiger partial charge in [0, 0.05) is 17.3 Å². The molecule has 3 rings (SSSR count). The molecule has 0 aromatic heterocycles. The largest absolute Gasteiger partial charge is 0.375 e. The highest BCUT2D eigenvalue weighted by molar-refractivity contribution is 6.10. The number of carbonyl (C=O) groups is 2. The van der Waals surface area contributed by atoms with E-state index in [9.17, 15) is 24.8 Å². The third-order valence-electron chi connectivity index (χ3n) is 3.81. The van der Waals surface area contributed by atoms with Crippen molar-refractivity contribution >= 4 is 23.1 Å². The highest BCUT2D eigenvalue weighted by Gasteiger charge is 2.47. The number of nitrogens with one attached hydrogen (secondary N) is 1. The van der Waals surface area contributed by atoms with E-state index in [1.165, 1.54) is 24.3 Å². The van der Waals surface area contributed by atoms with E-state index in [2.05, 4.69) is 5.32 Å². The fourth-order valence-corrected chi connectivity index (χ4v) is 2.67. The van der Waals surface area contributed by atoms with Gasteiger partial charge in [-0.25, -0.2) is 0 Å². The van der Waals surface area contributed by atoms with Gasteiger partial charge in [-0.2, -0.15) is 0 Å². The number of benzene rings is 2. The first-order valence-corrected chi connectivity index (χ1v) is 6.83. The van der Waals surface area contributed by atoms with Gasteiger partial charge >= 0.3 is 0 Å². The topological polar surface area (TPSA) is 110 Å². The molecule has 7 heteroatoms. The van der Waals surface area contributed by atoms with E-state index in [0.717, 1.165) is 0 Å². The van der Waals surface area contributed by atoms with Crippen LogP contribution in [0.5, 0.6) is 0 Å². The lowest BCUT2D eigenvalue weighted by molar-refractivity contribution is -0.385. The summed E-state index contributed by atoms with van der Waals surface area (Å²) in [7, 11) is 0. The molecule has 2 aromatic rings. The van der Waals surface area contributed by atoms with Crippen LogP contribution in [0.15, 0.2) is 48.5 Å². The second-order valence-corrected chi connectivity index (χ2v) is 5.23. The Morgan fingerprint density at radius 1 is 1.17 bits per heavy atom. The van der Waals surface area contributed by atoms with Crippen molar-refractivity contribution in [3.63, 3.8) is 0 Å². The highest BCUT2D eigenvalue weighted by Crippen LogP contribution is 2.39. The number of hydrogen-bond donors (Lipinski definition) is 2. The SMILES string of the molecule is O=C(C[C@]1(O)C(=O)Nc2ccccc21)c1ccccc1[N+](=O)[O-]. The lowest BCUT2D eigenvalue weighted by Gasteiger charge is -2.19. The zero-order valence-electron chi connectivity index (χ0n) is 11.9. The van der Waals surface area contributed by atoms with Crippen molar-refractivity contribution in [2.45, 2.75) is 12.0 Å². The molecule has 23 heavy (non-hydrogen) atoms. The van der Waals surface area contributed by atoms with Crippen LogP contribution in [-0.2, 0) is 10.4 Å². The van der Waals surface area contributed by atoms with Gasteiger partial charge < -0.3 is 10.4 Å². The van der Waals surface area contributed by atoms with Crippen molar-refractivity contribution in [3.05, 3.63) is 69.8 Å². The molecule has 7 nitrogen and oxygen atoms in total. The first-order chi connectivity index (χ1) is 10.9. The van der Waals surface area contributed by atoms with Crippen molar-refractivity contribution in [3.8, 4) is 0 Å². The summed E-state index contributed by atoms with van der Waals surface area (Å²) >= 11 is 0. The number of aliphatic hydroxyl groups is 1. The summed E-state index contributed by atoms with van der Waals surface area (Å²) in [4.78, 5) is 34.9. The predicted octanol–water partition coefficient (Wildman–Crippen LogP) is 2.01. The third kappa shape index (κ3) is 2.36. The lowest BCUT2D eigenvalue weighted by atomic mass is 9.88. The van der Waals surface area contributed by atoms with E-state index in [4.69, 9.17) is 0 Å². The summed E-state index contributed by atoms with van der Waals surface area (Å²) in [6, 6.07) is 11.9. The Hall–Kier alpha value is -3.06. The minimum atomic E-state index is -2.03. The number of hydrogen-bond acceptors (Lipinski definition) is 5. The fourth-order valence-electron chi connectivity index (χ4n) is 2.67. The molecule has 0 fully saturated rings. The molecular weight excluding hydrogens is 300 g/mol. The van der Waals surface area contributed by atoms with Crippen LogP contribution >= 0.6 is 0 Å². The van der Waals surface area contributed by atoms with Gasteiger partial charge in [-0.15, -0.1) is 0 Å². The molecule has 0 unspecified atom stereocenters. The number of rotatable bonds is 4. The van der Waals surface area contributed by atoms with Crippen LogP contribution in [-0.4, -0.2) is 21.7 Å². The number of nitrogens with zero attached hydrogens (tertiary/aromatic N) is 1. The molecule has 116 valence electrons. The Morgan fingerprint density at radius 3 is 2.57 bits per heavy atom. The summed E-state index contributed by atoms with van der Waals surface area (Å²) in [5, 5.41) is 24.2. The number of fused-ring (bicyclic) bond motifs is 1. The number of amides is 1. The molecule has 0 bridgehead atoms. The minimum absolute atomic E-state index is 0.136. The van der Waals surface area contributed by atoms with Crippen LogP contribution in [0.4, 0.5) is 11.4 Å². The summed E-state index contributed by atoms with van der Waals surface area (Å²) in [6.45, 7) is 0. The molecular formula is C16H12N2O5. The van der Waals surface area contributed by atoms with Crippen LogP contribution in [0.3, 0.4) is 0 Å². The van der Waals surface area contributed by atoms with Crippen molar-refractivity contribution < 1.29 is 19.6 Å². The van der Waals surface area contributed by atoms with Crippen molar-refractivity contribution in [2.75, 3.05) is 5.32 Å². The molecule has 0 radical (unpaired) electrons. The van der Waals surface area contributed by atoms with Crippen molar-refractivity contribution in [2.24, 2.45) is 0 Å². The van der Waals surface area contributed by atoms with Gasteiger partial charge in [-0.1, -0.05) is 30.3 Å². The molecule has 2 N–H and O–H groups in total. The number of nitro benzene ring substituents is 1. The number of Topliss-reactive ketones (excluding diaryl/α,β-unsaturated/α-hetero) is 1. The lowest BCUT2D eigenvalue weighted by Crippen LogP contribution is -2.36. The highest BCUT2D eigenvalue weighted by atomic mass is 16.6. The minimum Gasteiger partial charge on any atom is -0.375 e. The molecule has 0 spiro atoms. The fraction of sp³-hybridized carbons (Fsp3) is 0.125. The summed E-state index contributed by atoms with van der Waals surface area (Å²) in [5.41, 5.74) is -1.81. The van der Waals surface area contributed by atoms with E-state index >= 15 is 0 Å². The first kappa shape index (κ1) is 14.9. The van der Waals surface area contributed by atoms with E-state index in [0.29, 0.717) is 5.69 Å². The van der Waals surface area contributed by atoms with E-state index in [1.54, 1.807) is 24.3 Å². The van der Waals surface area contributed by atoms with Gasteiger partial charge in [-0.3, -0.25) is 19.7 Å². The maximum Gasteiger partial charge on any atom is 0.280 e. The van der Waals surface area contributed by atoms with Crippen LogP contribution in [0.1, 0.15) is 22.3 Å². The average Bonchev–Trinajstić information content (AvgIpc) is 2.78. The van der Waals surface area contributed by atoms with Crippen molar-refractivity contribution in [1.29, 1.82) is 0 Å². The Bertz CT molecular complexity index is 833. The third-order valence-corrected chi connectivity index (χ3v) is 3.81. The molecule has 1 aliphatic heterocycles. The summed E-state index contributed by atoms with van der Waals surface area (Å²) in [6.07, 6.45) is -0.569. The summed E-state index contributed by atoms with van der Waals surface area (Å²) in [5.74, 6) is -1.39. The van der Waals surface area contributed by atoms with Gasteiger partial charge in [-0.05, 0) is 12.1 Å². The summed E-state index contributed by atoms with van der Waals surface area (Å²) < 4.78 is 0. The number of ketones is 1. The number of para-hydroxylation sites is 2. The Kier molecular flexibility index (Phi) is 3.42. The van der Waals surface area contributed by atoms with Gasteiger partial charge in [0.25, 0.3) is 11.6 Å². The average molecular weight is 312 g/mol. The van der Waals surface area contributed by atoms with Gasteiger partial charge in [0.1, 0.15) is 0 Å². The number of nitro groups is 1. The van der Waals surface area contributed by atoms with Gasteiger partial charge in [0.15, 0.2) is 11.4 Å². The second kappa shape index (κ2) is 5.29. The smallest absolute Gasteiger partial charge is 0.280 e. The van der Waals surface area contributed by atoms with Crippen LogP contribution in [0.2, 0.25) is 0 Å². The Labute approximate surface area is 130 Å². The Balaban J connectivity index is 1.98. The molecule has 0 saturated carbocycles. The number of anilines is 1. The zero-order valence-corrected chi connectivity index (χ0v) is 11.9. The zero-order chi connectivity index (χ0) is 16.6. The van der Waals surface area contributed by atoms with E-state index in [-0.39, 0.29) is 16.8 Å². The molecule has 1 amide bonds. The number of carbonyl (C=O) groups excluding carboxylic acids is 2. The second-order valence-electron chi connectivity index (χ2n) is 5.23. The molecule has 1 aliphatic rings. The molecule has 1 atom stereocenters. The quantitative estimate of drug-likeness (QED) is 0.510. The monoisotopic (exact) mass is 312 g/mol. The molecule has 0 aliphatic carbocycles. The molecule has 2 aromatic carbocycles. The van der Waals surface area contributed by atoms with Crippen molar-refractivity contribution in [1.82, 2.24) is 0 Å². The van der Waals surface area contributed by atoms with Crippen LogP contribution in [0, 0.1) is 10.1 Å². The standard InChI is InChI=1S/C16H12N2O5/c19-14(10-5-1-4-8-13(10)18(22)23)9-16(21)11-6-2-3-7-12(11)17-15(16)20/h1-8,21H,9H2,(H,17,20)/t16-/m1/s1. The molecule has 0 saturated heterocycles. The first-order valence-electron chi connectivity index (χ1n) is 6.83. The Morgan fingerprint density at radius 2 is 1.83 bits per heavy atom. The maximum atomic E-state index is 12.4. The van der Waals surface area contributed by atoms with E-state index in [1.807, 2.05) is 0 Å². The van der Waals surface area contributed by atoms with Crippen LogP contribution < -0.4 is 5.32 Å². The van der Waals surface area contributed by atoms with Gasteiger partial charge in [0.2, 0.25) is 0 Å². The molecule has 1 heterocycles. The maximum absolute atomic E-state index is 12.4. The van der Waals surface area contributed by atoms with E-state index < -0.39 is 28.6 Å². The normalized spacial score (nSPS) is 19.1. The van der Waals surface area contributed by atoms with Crippen LogP contribution in [0.25, 0.3) is 0 Å². The van der Waals surface area contributed by atoms with Gasteiger partial charge in [0.05, 0.1) is 16.9 Å².